The number of rotatable bonds is 3. The first-order valence-corrected chi connectivity index (χ1v) is 6.69. The Bertz CT molecular complexity index is 756. The molecule has 1 unspecified atom stereocenters. The van der Waals surface area contributed by atoms with E-state index in [4.69, 9.17) is 5.11 Å². The highest BCUT2D eigenvalue weighted by Crippen LogP contribution is 2.36. The Morgan fingerprint density at radius 2 is 1.60 bits per heavy atom. The van der Waals surface area contributed by atoms with Crippen molar-refractivity contribution in [3.8, 4) is 0 Å². The fourth-order valence-electron chi connectivity index (χ4n) is 2.18. The third kappa shape index (κ3) is 4.40. The molecule has 2 rings (SSSR count). The molecule has 0 fully saturated rings. The minimum absolute atomic E-state index is 0.111. The second-order valence-electron chi connectivity index (χ2n) is 4.94. The SMILES string of the molecule is O=C(O)NC(c1ccc(C(F)(F)F)cc1)c1ncccc1C(F)(F)F. The molecule has 0 saturated carbocycles. The Kier molecular flexibility index (Phi) is 4.91. The van der Waals surface area contributed by atoms with Crippen molar-refractivity contribution in [1.29, 1.82) is 0 Å². The number of carbonyl (C=O) groups is 1. The minimum atomic E-state index is -4.81. The van der Waals surface area contributed by atoms with Crippen LogP contribution in [0, 0.1) is 0 Å². The third-order valence-corrected chi connectivity index (χ3v) is 3.26. The fourth-order valence-corrected chi connectivity index (χ4v) is 2.18. The number of hydrogen-bond donors (Lipinski definition) is 2. The van der Waals surface area contributed by atoms with Crippen molar-refractivity contribution in [3.05, 3.63) is 65.0 Å². The molecular formula is C15H10F6N2O2. The van der Waals surface area contributed by atoms with E-state index in [0.29, 0.717) is 18.2 Å². The van der Waals surface area contributed by atoms with Gasteiger partial charge < -0.3 is 10.4 Å². The van der Waals surface area contributed by atoms with Gasteiger partial charge in [-0.05, 0) is 29.8 Å². The highest BCUT2D eigenvalue weighted by Gasteiger charge is 2.37. The third-order valence-electron chi connectivity index (χ3n) is 3.26. The smallest absolute Gasteiger partial charge is 0.418 e. The van der Waals surface area contributed by atoms with E-state index < -0.39 is 41.3 Å². The summed E-state index contributed by atoms with van der Waals surface area (Å²) >= 11 is 0. The van der Waals surface area contributed by atoms with Gasteiger partial charge >= 0.3 is 18.4 Å². The Hall–Kier alpha value is -2.78. The van der Waals surface area contributed by atoms with Crippen LogP contribution in [0.25, 0.3) is 0 Å². The van der Waals surface area contributed by atoms with E-state index in [0.717, 1.165) is 24.4 Å². The van der Waals surface area contributed by atoms with Crippen LogP contribution in [0.1, 0.15) is 28.4 Å². The van der Waals surface area contributed by atoms with E-state index in [9.17, 15) is 31.1 Å². The van der Waals surface area contributed by atoms with Gasteiger partial charge in [0.2, 0.25) is 0 Å². The largest absolute Gasteiger partial charge is 0.465 e. The van der Waals surface area contributed by atoms with Gasteiger partial charge in [0, 0.05) is 6.20 Å². The summed E-state index contributed by atoms with van der Waals surface area (Å²) in [6, 6.07) is 3.26. The number of nitrogens with zero attached hydrogens (tertiary/aromatic N) is 1. The summed E-state index contributed by atoms with van der Waals surface area (Å²) < 4.78 is 77.2. The zero-order valence-corrected chi connectivity index (χ0v) is 12.2. The molecule has 4 nitrogen and oxygen atoms in total. The number of alkyl halides is 6. The van der Waals surface area contributed by atoms with Crippen LogP contribution >= 0.6 is 0 Å². The first-order valence-electron chi connectivity index (χ1n) is 6.69. The quantitative estimate of drug-likeness (QED) is 0.790. The molecule has 0 radical (unpaired) electrons. The normalized spacial score (nSPS) is 13.4. The van der Waals surface area contributed by atoms with Gasteiger partial charge in [0.05, 0.1) is 16.8 Å². The number of hydrogen-bond acceptors (Lipinski definition) is 2. The van der Waals surface area contributed by atoms with Gasteiger partial charge in [0.25, 0.3) is 0 Å². The summed E-state index contributed by atoms with van der Waals surface area (Å²) in [6.45, 7) is 0. The fraction of sp³-hybridized carbons (Fsp3) is 0.200. The molecular weight excluding hydrogens is 354 g/mol. The maximum absolute atomic E-state index is 13.1. The minimum Gasteiger partial charge on any atom is -0.465 e. The van der Waals surface area contributed by atoms with Gasteiger partial charge in [-0.15, -0.1) is 0 Å². The van der Waals surface area contributed by atoms with Gasteiger partial charge in [0.15, 0.2) is 0 Å². The molecule has 2 N–H and O–H groups in total. The Labute approximate surface area is 137 Å². The lowest BCUT2D eigenvalue weighted by atomic mass is 9.98. The molecule has 134 valence electrons. The van der Waals surface area contributed by atoms with Crippen LogP contribution in [0.2, 0.25) is 0 Å². The van der Waals surface area contributed by atoms with Crippen molar-refractivity contribution in [2.75, 3.05) is 0 Å². The van der Waals surface area contributed by atoms with Crippen LogP contribution in [-0.4, -0.2) is 16.2 Å². The zero-order chi connectivity index (χ0) is 18.8. The number of benzene rings is 1. The highest BCUT2D eigenvalue weighted by molar-refractivity contribution is 5.66. The average Bonchev–Trinajstić information content (AvgIpc) is 2.51. The summed E-state index contributed by atoms with van der Waals surface area (Å²) in [7, 11) is 0. The van der Waals surface area contributed by atoms with E-state index >= 15 is 0 Å². The van der Waals surface area contributed by atoms with Crippen LogP contribution in [0.5, 0.6) is 0 Å². The standard InChI is InChI=1S/C15H10F6N2O2/c16-14(17,18)9-5-3-8(4-6-9)11(23-13(24)25)12-10(15(19,20)21)2-1-7-22-12/h1-7,11,23H,(H,24,25). The summed E-state index contributed by atoms with van der Waals surface area (Å²) in [5.74, 6) is 0. The molecule has 1 heterocycles. The molecule has 1 aromatic heterocycles. The van der Waals surface area contributed by atoms with Gasteiger partial charge in [-0.25, -0.2) is 4.79 Å². The Balaban J connectivity index is 2.53. The van der Waals surface area contributed by atoms with Gasteiger partial charge in [0.1, 0.15) is 6.04 Å². The number of amides is 1. The molecule has 25 heavy (non-hydrogen) atoms. The lowest BCUT2D eigenvalue weighted by molar-refractivity contribution is -0.139. The molecule has 0 spiro atoms. The number of carboxylic acid groups (broad SMARTS) is 1. The number of pyridine rings is 1. The molecule has 10 heteroatoms. The first kappa shape index (κ1) is 18.6. The van der Waals surface area contributed by atoms with Crippen LogP contribution in [0.15, 0.2) is 42.6 Å². The predicted octanol–water partition coefficient (Wildman–Crippen LogP) is 4.48. The van der Waals surface area contributed by atoms with Crippen molar-refractivity contribution in [3.63, 3.8) is 0 Å². The van der Waals surface area contributed by atoms with Crippen LogP contribution in [-0.2, 0) is 12.4 Å². The van der Waals surface area contributed by atoms with Crippen molar-refractivity contribution in [2.24, 2.45) is 0 Å². The van der Waals surface area contributed by atoms with E-state index in [1.165, 1.54) is 0 Å². The number of halogens is 6. The van der Waals surface area contributed by atoms with E-state index in [-0.39, 0.29) is 5.56 Å². The van der Waals surface area contributed by atoms with Crippen molar-refractivity contribution < 1.29 is 36.2 Å². The maximum Gasteiger partial charge on any atom is 0.418 e. The molecule has 0 aliphatic carbocycles. The van der Waals surface area contributed by atoms with E-state index in [1.54, 1.807) is 0 Å². The molecule has 0 aliphatic rings. The first-order chi connectivity index (χ1) is 11.5. The van der Waals surface area contributed by atoms with E-state index in [2.05, 4.69) is 4.98 Å². The molecule has 1 amide bonds. The van der Waals surface area contributed by atoms with Gasteiger partial charge in [-0.3, -0.25) is 4.98 Å². The van der Waals surface area contributed by atoms with Crippen molar-refractivity contribution >= 4 is 6.09 Å². The van der Waals surface area contributed by atoms with Crippen molar-refractivity contribution in [2.45, 2.75) is 18.4 Å². The molecule has 0 saturated heterocycles. The van der Waals surface area contributed by atoms with E-state index in [1.807, 2.05) is 5.32 Å². The topological polar surface area (TPSA) is 62.2 Å². The van der Waals surface area contributed by atoms with Gasteiger partial charge in [-0.2, -0.15) is 26.3 Å². The molecule has 1 aromatic carbocycles. The second kappa shape index (κ2) is 6.61. The molecule has 0 aliphatic heterocycles. The molecule has 1 atom stereocenters. The highest BCUT2D eigenvalue weighted by atomic mass is 19.4. The average molecular weight is 364 g/mol. The van der Waals surface area contributed by atoms with Gasteiger partial charge in [-0.1, -0.05) is 12.1 Å². The summed E-state index contributed by atoms with van der Waals surface area (Å²) in [5.41, 5.74) is -2.97. The summed E-state index contributed by atoms with van der Waals surface area (Å²) in [5, 5.41) is 10.7. The van der Waals surface area contributed by atoms with Crippen LogP contribution < -0.4 is 5.32 Å². The maximum atomic E-state index is 13.1. The Morgan fingerprint density at radius 1 is 1.00 bits per heavy atom. The lowest BCUT2D eigenvalue weighted by Crippen LogP contribution is -2.30. The van der Waals surface area contributed by atoms with Crippen LogP contribution in [0.3, 0.4) is 0 Å². The predicted molar refractivity (Wildman–Crippen MR) is 73.7 cm³/mol. The second-order valence-corrected chi connectivity index (χ2v) is 4.94. The van der Waals surface area contributed by atoms with Crippen LogP contribution in [0.4, 0.5) is 31.1 Å². The summed E-state index contributed by atoms with van der Waals surface area (Å²) in [6.07, 6.45) is -10.1. The molecule has 0 bridgehead atoms. The molecule has 2 aromatic rings. The zero-order valence-electron chi connectivity index (χ0n) is 12.2. The Morgan fingerprint density at radius 3 is 2.08 bits per heavy atom. The monoisotopic (exact) mass is 364 g/mol. The van der Waals surface area contributed by atoms with Crippen molar-refractivity contribution in [1.82, 2.24) is 10.3 Å². The lowest BCUT2D eigenvalue weighted by Gasteiger charge is -2.21. The summed E-state index contributed by atoms with van der Waals surface area (Å²) in [4.78, 5) is 14.5. The number of aromatic nitrogens is 1. The number of nitrogens with one attached hydrogen (secondary N) is 1.